The van der Waals surface area contributed by atoms with Gasteiger partial charge in [0.15, 0.2) is 0 Å². The summed E-state index contributed by atoms with van der Waals surface area (Å²) in [5, 5.41) is 13.0. The van der Waals surface area contributed by atoms with E-state index in [0.717, 1.165) is 19.3 Å². The van der Waals surface area contributed by atoms with Gasteiger partial charge in [-0.15, -0.1) is 0 Å². The number of rotatable bonds is 10. The summed E-state index contributed by atoms with van der Waals surface area (Å²) in [4.78, 5) is 2.63. The summed E-state index contributed by atoms with van der Waals surface area (Å²) < 4.78 is 0. The molecule has 31 heavy (non-hydrogen) atoms. The second-order valence-electron chi connectivity index (χ2n) is 9.63. The van der Waals surface area contributed by atoms with Crippen molar-refractivity contribution < 1.29 is 5.11 Å². The summed E-state index contributed by atoms with van der Waals surface area (Å²) in [6, 6.07) is 4.87. The van der Waals surface area contributed by atoms with Crippen LogP contribution in [0.25, 0.3) is 5.70 Å². The van der Waals surface area contributed by atoms with Gasteiger partial charge in [0.25, 0.3) is 0 Å². The van der Waals surface area contributed by atoms with E-state index in [1.54, 1.807) is 0 Å². The molecular weight excluding hydrogens is 380 g/mol. The van der Waals surface area contributed by atoms with Gasteiger partial charge in [0.05, 0.1) is 6.61 Å². The van der Waals surface area contributed by atoms with Crippen LogP contribution in [0.3, 0.4) is 0 Å². The van der Waals surface area contributed by atoms with Gasteiger partial charge in [-0.25, -0.2) is 0 Å². The van der Waals surface area contributed by atoms with Crippen LogP contribution in [0.15, 0.2) is 29.9 Å². The molecule has 1 unspecified atom stereocenters. The SMILES string of the molecule is C=C1CCCC/C1=C(\NCCO)c1cc(CC)c(C(C)CCCN2CCCC2)cc1C. The van der Waals surface area contributed by atoms with Crippen LogP contribution in [-0.4, -0.2) is 42.8 Å². The largest absolute Gasteiger partial charge is 0.395 e. The lowest BCUT2D eigenvalue weighted by molar-refractivity contribution is 0.299. The van der Waals surface area contributed by atoms with E-state index in [1.807, 2.05) is 0 Å². The lowest BCUT2D eigenvalue weighted by Crippen LogP contribution is -2.21. The molecule has 172 valence electrons. The first-order valence-corrected chi connectivity index (χ1v) is 12.7. The number of aliphatic hydroxyl groups is 1. The van der Waals surface area contributed by atoms with Crippen LogP contribution in [0.4, 0.5) is 0 Å². The summed E-state index contributed by atoms with van der Waals surface area (Å²) in [6.07, 6.45) is 11.0. The Hall–Kier alpha value is -1.58. The van der Waals surface area contributed by atoms with Crippen molar-refractivity contribution in [3.63, 3.8) is 0 Å². The zero-order chi connectivity index (χ0) is 22.2. The van der Waals surface area contributed by atoms with E-state index in [4.69, 9.17) is 0 Å². The molecule has 3 nitrogen and oxygen atoms in total. The summed E-state index contributed by atoms with van der Waals surface area (Å²) in [5.74, 6) is 0.594. The van der Waals surface area contributed by atoms with Crippen molar-refractivity contribution in [3.05, 3.63) is 52.1 Å². The molecule has 1 aliphatic carbocycles. The van der Waals surface area contributed by atoms with Gasteiger partial charge >= 0.3 is 0 Å². The van der Waals surface area contributed by atoms with Crippen LogP contribution >= 0.6 is 0 Å². The Balaban J connectivity index is 1.83. The molecule has 2 aliphatic rings. The minimum absolute atomic E-state index is 0.148. The van der Waals surface area contributed by atoms with Gasteiger partial charge in [0.2, 0.25) is 0 Å². The van der Waals surface area contributed by atoms with Crippen molar-refractivity contribution in [1.29, 1.82) is 0 Å². The van der Waals surface area contributed by atoms with E-state index in [-0.39, 0.29) is 6.61 Å². The molecule has 1 saturated carbocycles. The Kier molecular flexibility index (Phi) is 9.22. The molecule has 1 heterocycles. The number of likely N-dealkylation sites (tertiary alicyclic amines) is 1. The number of benzene rings is 1. The molecule has 0 radical (unpaired) electrons. The number of nitrogens with zero attached hydrogens (tertiary/aromatic N) is 1. The second kappa shape index (κ2) is 11.9. The van der Waals surface area contributed by atoms with Gasteiger partial charge in [0.1, 0.15) is 0 Å². The minimum atomic E-state index is 0.148. The molecule has 0 spiro atoms. The molecule has 0 aromatic heterocycles. The van der Waals surface area contributed by atoms with Crippen molar-refractivity contribution in [2.75, 3.05) is 32.8 Å². The maximum atomic E-state index is 9.46. The van der Waals surface area contributed by atoms with Crippen LogP contribution in [0.5, 0.6) is 0 Å². The molecule has 1 aromatic rings. The van der Waals surface area contributed by atoms with E-state index >= 15 is 0 Å². The molecule has 1 atom stereocenters. The fourth-order valence-corrected chi connectivity index (χ4v) is 5.41. The van der Waals surface area contributed by atoms with E-state index in [0.29, 0.717) is 12.5 Å². The number of aliphatic hydroxyl groups excluding tert-OH is 1. The molecule has 1 saturated heterocycles. The quantitative estimate of drug-likeness (QED) is 0.486. The van der Waals surface area contributed by atoms with Gasteiger partial charge in [-0.2, -0.15) is 0 Å². The average molecular weight is 425 g/mol. The molecule has 1 aromatic carbocycles. The minimum Gasteiger partial charge on any atom is -0.395 e. The molecular formula is C28H44N2O. The number of hydrogen-bond acceptors (Lipinski definition) is 3. The highest BCUT2D eigenvalue weighted by molar-refractivity contribution is 5.74. The van der Waals surface area contributed by atoms with Crippen molar-refractivity contribution in [1.82, 2.24) is 10.2 Å². The van der Waals surface area contributed by atoms with E-state index in [2.05, 4.69) is 49.7 Å². The van der Waals surface area contributed by atoms with E-state index in [1.165, 1.54) is 97.3 Å². The average Bonchev–Trinajstić information content (AvgIpc) is 3.29. The number of aryl methyl sites for hydroxylation is 2. The van der Waals surface area contributed by atoms with Crippen LogP contribution in [0, 0.1) is 6.92 Å². The van der Waals surface area contributed by atoms with Gasteiger partial charge < -0.3 is 15.3 Å². The predicted octanol–water partition coefficient (Wildman–Crippen LogP) is 5.96. The maximum absolute atomic E-state index is 9.46. The fourth-order valence-electron chi connectivity index (χ4n) is 5.41. The van der Waals surface area contributed by atoms with Gasteiger partial charge in [-0.05, 0) is 124 Å². The van der Waals surface area contributed by atoms with Gasteiger partial charge in [-0.1, -0.05) is 26.5 Å². The number of allylic oxidation sites excluding steroid dienone is 2. The van der Waals surface area contributed by atoms with Crippen molar-refractivity contribution in [3.8, 4) is 0 Å². The second-order valence-corrected chi connectivity index (χ2v) is 9.63. The standard InChI is InChI=1S/C28H44N2O/c1-5-24-20-27(28(29-14-18-31)25-13-7-6-11-21(25)2)23(4)19-26(24)22(3)12-10-17-30-15-8-9-16-30/h19-20,22,29,31H,2,5-18H2,1,3-4H3/b28-25+. The number of nitrogens with one attached hydrogen (secondary N) is 1. The Morgan fingerprint density at radius 1 is 1.16 bits per heavy atom. The Morgan fingerprint density at radius 2 is 1.90 bits per heavy atom. The number of hydrogen-bond donors (Lipinski definition) is 2. The van der Waals surface area contributed by atoms with Crippen LogP contribution in [-0.2, 0) is 6.42 Å². The molecule has 3 rings (SSSR count). The van der Waals surface area contributed by atoms with E-state index < -0.39 is 0 Å². The summed E-state index contributed by atoms with van der Waals surface area (Å²) in [7, 11) is 0. The third kappa shape index (κ3) is 6.23. The predicted molar refractivity (Wildman–Crippen MR) is 133 cm³/mol. The highest BCUT2D eigenvalue weighted by Gasteiger charge is 2.20. The lowest BCUT2D eigenvalue weighted by Gasteiger charge is -2.26. The highest BCUT2D eigenvalue weighted by atomic mass is 16.3. The first-order valence-electron chi connectivity index (χ1n) is 12.7. The van der Waals surface area contributed by atoms with E-state index in [9.17, 15) is 5.11 Å². The molecule has 2 N–H and O–H groups in total. The highest BCUT2D eigenvalue weighted by Crippen LogP contribution is 2.36. The maximum Gasteiger partial charge on any atom is 0.0604 e. The molecule has 0 amide bonds. The third-order valence-electron chi connectivity index (χ3n) is 7.27. The lowest BCUT2D eigenvalue weighted by atomic mass is 9.83. The topological polar surface area (TPSA) is 35.5 Å². The zero-order valence-electron chi connectivity index (χ0n) is 20.2. The van der Waals surface area contributed by atoms with Gasteiger partial charge in [0, 0.05) is 17.8 Å². The van der Waals surface area contributed by atoms with Crippen LogP contribution in [0.2, 0.25) is 0 Å². The molecule has 0 bridgehead atoms. The Labute approximate surface area is 190 Å². The Morgan fingerprint density at radius 3 is 2.58 bits per heavy atom. The molecule has 3 heteroatoms. The summed E-state index contributed by atoms with van der Waals surface area (Å²) >= 11 is 0. The van der Waals surface area contributed by atoms with Crippen LogP contribution < -0.4 is 5.32 Å². The first kappa shape index (κ1) is 24.1. The van der Waals surface area contributed by atoms with Crippen molar-refractivity contribution >= 4 is 5.70 Å². The zero-order valence-corrected chi connectivity index (χ0v) is 20.2. The van der Waals surface area contributed by atoms with Crippen LogP contribution in [0.1, 0.15) is 93.4 Å². The van der Waals surface area contributed by atoms with Crippen molar-refractivity contribution in [2.45, 2.75) is 84.5 Å². The fraction of sp³-hybridized carbons (Fsp3) is 0.643. The summed E-state index contributed by atoms with van der Waals surface area (Å²) in [5.41, 5.74) is 9.49. The smallest absolute Gasteiger partial charge is 0.0604 e. The molecule has 2 fully saturated rings. The third-order valence-corrected chi connectivity index (χ3v) is 7.27. The van der Waals surface area contributed by atoms with Crippen molar-refractivity contribution in [2.24, 2.45) is 0 Å². The Bertz CT molecular complexity index is 773. The summed E-state index contributed by atoms with van der Waals surface area (Å²) in [6.45, 7) is 15.9. The first-order chi connectivity index (χ1) is 15.0. The van der Waals surface area contributed by atoms with Gasteiger partial charge in [-0.3, -0.25) is 0 Å². The normalized spacial score (nSPS) is 20.2. The molecule has 1 aliphatic heterocycles. The monoisotopic (exact) mass is 424 g/mol.